The van der Waals surface area contributed by atoms with Crippen molar-refractivity contribution < 1.29 is 5.11 Å². The maximum Gasteiger partial charge on any atom is 0.0928 e. The topological polar surface area (TPSA) is 23.5 Å². The van der Waals surface area contributed by atoms with E-state index in [1.165, 1.54) is 12.8 Å². The molecule has 1 heterocycles. The number of hydrogen-bond acceptors (Lipinski definition) is 2. The van der Waals surface area contributed by atoms with Crippen LogP contribution in [0.3, 0.4) is 0 Å². The third-order valence-corrected chi connectivity index (χ3v) is 4.05. The van der Waals surface area contributed by atoms with Crippen LogP contribution < -0.4 is 0 Å². The Morgan fingerprint density at radius 3 is 2.62 bits per heavy atom. The number of nitrogens with zero attached hydrogens (tertiary/aromatic N) is 1. The van der Waals surface area contributed by atoms with Crippen molar-refractivity contribution in [1.29, 1.82) is 0 Å². The van der Waals surface area contributed by atoms with Crippen LogP contribution in [-0.4, -0.2) is 28.7 Å². The van der Waals surface area contributed by atoms with E-state index in [0.29, 0.717) is 5.92 Å². The van der Waals surface area contributed by atoms with Crippen LogP contribution in [0.15, 0.2) is 24.3 Å². The molecule has 0 amide bonds. The van der Waals surface area contributed by atoms with Gasteiger partial charge in [-0.1, -0.05) is 29.8 Å². The number of benzene rings is 1. The highest BCUT2D eigenvalue weighted by atomic mass is 35.5. The number of rotatable bonds is 3. The Morgan fingerprint density at radius 2 is 2.00 bits per heavy atom. The molecule has 1 saturated carbocycles. The van der Waals surface area contributed by atoms with E-state index < -0.39 is 0 Å². The summed E-state index contributed by atoms with van der Waals surface area (Å²) < 4.78 is 0. The first kappa shape index (κ1) is 10.6. The molecule has 2 fully saturated rings. The summed E-state index contributed by atoms with van der Waals surface area (Å²) in [5.41, 5.74) is 0.767. The van der Waals surface area contributed by atoms with Gasteiger partial charge in [0.1, 0.15) is 0 Å². The first-order valence-electron chi connectivity index (χ1n) is 5.85. The van der Waals surface area contributed by atoms with Crippen LogP contribution in [0, 0.1) is 5.92 Å². The Hall–Kier alpha value is -0.570. The van der Waals surface area contributed by atoms with Crippen molar-refractivity contribution in [2.45, 2.75) is 25.0 Å². The second-order valence-corrected chi connectivity index (χ2v) is 5.52. The van der Waals surface area contributed by atoms with E-state index in [1.54, 1.807) is 0 Å². The molecule has 1 aliphatic carbocycles. The minimum absolute atomic E-state index is 0.388. The Kier molecular flexibility index (Phi) is 2.46. The lowest BCUT2D eigenvalue weighted by atomic mass is 9.88. The highest BCUT2D eigenvalue weighted by molar-refractivity contribution is 6.31. The Labute approximate surface area is 101 Å². The van der Waals surface area contributed by atoms with Gasteiger partial charge in [-0.05, 0) is 30.4 Å². The summed E-state index contributed by atoms with van der Waals surface area (Å²) in [6.45, 7) is 2.47. The van der Waals surface area contributed by atoms with E-state index in [0.717, 1.165) is 30.2 Å². The van der Waals surface area contributed by atoms with Crippen LogP contribution in [-0.2, 0) is 6.54 Å². The van der Waals surface area contributed by atoms with Gasteiger partial charge in [0.2, 0.25) is 0 Å². The lowest BCUT2D eigenvalue weighted by Gasteiger charge is -2.47. The molecule has 0 atom stereocenters. The molecule has 0 spiro atoms. The summed E-state index contributed by atoms with van der Waals surface area (Å²) >= 11 is 6.11. The van der Waals surface area contributed by atoms with E-state index >= 15 is 0 Å². The summed E-state index contributed by atoms with van der Waals surface area (Å²) in [6, 6.07) is 7.93. The minimum atomic E-state index is -0.388. The Morgan fingerprint density at radius 1 is 1.31 bits per heavy atom. The molecule has 1 aliphatic heterocycles. The standard InChI is InChI=1S/C13H16ClNO/c14-12-4-2-1-3-10(12)7-15-8-13(16,9-15)11-5-6-11/h1-4,11,16H,5-9H2. The summed E-state index contributed by atoms with van der Waals surface area (Å²) in [6.07, 6.45) is 2.41. The molecule has 3 rings (SSSR count). The largest absolute Gasteiger partial charge is 0.387 e. The highest BCUT2D eigenvalue weighted by Crippen LogP contribution is 2.44. The first-order chi connectivity index (χ1) is 7.67. The van der Waals surface area contributed by atoms with Crippen LogP contribution in [0.2, 0.25) is 5.02 Å². The van der Waals surface area contributed by atoms with E-state index in [9.17, 15) is 5.11 Å². The van der Waals surface area contributed by atoms with E-state index in [-0.39, 0.29) is 5.60 Å². The number of aliphatic hydroxyl groups is 1. The van der Waals surface area contributed by atoms with Crippen molar-refractivity contribution >= 4 is 11.6 Å². The molecule has 0 unspecified atom stereocenters. The molecule has 1 N–H and O–H groups in total. The van der Waals surface area contributed by atoms with Crippen LogP contribution in [0.25, 0.3) is 0 Å². The average molecular weight is 238 g/mol. The zero-order chi connectivity index (χ0) is 11.2. The van der Waals surface area contributed by atoms with Crippen molar-refractivity contribution in [2.24, 2.45) is 5.92 Å². The highest BCUT2D eigenvalue weighted by Gasteiger charge is 2.51. The lowest BCUT2D eigenvalue weighted by molar-refractivity contribution is -0.116. The second kappa shape index (κ2) is 3.73. The lowest BCUT2D eigenvalue weighted by Crippen LogP contribution is -2.62. The molecule has 16 heavy (non-hydrogen) atoms. The fourth-order valence-corrected chi connectivity index (χ4v) is 2.78. The molecule has 1 saturated heterocycles. The summed E-state index contributed by atoms with van der Waals surface area (Å²) in [5, 5.41) is 11.0. The number of halogens is 1. The molecule has 0 aromatic heterocycles. The molecule has 1 aromatic rings. The Balaban J connectivity index is 1.60. The van der Waals surface area contributed by atoms with Gasteiger partial charge in [-0.15, -0.1) is 0 Å². The summed E-state index contributed by atoms with van der Waals surface area (Å²) in [5.74, 6) is 0.565. The van der Waals surface area contributed by atoms with Crippen molar-refractivity contribution in [2.75, 3.05) is 13.1 Å². The molecular formula is C13H16ClNO. The smallest absolute Gasteiger partial charge is 0.0928 e. The third-order valence-electron chi connectivity index (χ3n) is 3.68. The maximum absolute atomic E-state index is 10.2. The zero-order valence-electron chi connectivity index (χ0n) is 9.19. The van der Waals surface area contributed by atoms with Crippen molar-refractivity contribution in [1.82, 2.24) is 4.90 Å². The van der Waals surface area contributed by atoms with Gasteiger partial charge in [0.05, 0.1) is 5.60 Å². The predicted molar refractivity (Wildman–Crippen MR) is 64.4 cm³/mol. The fraction of sp³-hybridized carbons (Fsp3) is 0.538. The molecule has 0 bridgehead atoms. The normalized spacial score (nSPS) is 24.1. The maximum atomic E-state index is 10.2. The molecule has 86 valence electrons. The van der Waals surface area contributed by atoms with Gasteiger partial charge < -0.3 is 5.11 Å². The van der Waals surface area contributed by atoms with Crippen molar-refractivity contribution in [3.63, 3.8) is 0 Å². The molecule has 2 nitrogen and oxygen atoms in total. The van der Waals surface area contributed by atoms with Gasteiger partial charge in [-0.3, -0.25) is 4.90 Å². The fourth-order valence-electron chi connectivity index (χ4n) is 2.59. The molecule has 2 aliphatic rings. The van der Waals surface area contributed by atoms with Gasteiger partial charge in [0.25, 0.3) is 0 Å². The van der Waals surface area contributed by atoms with Gasteiger partial charge >= 0.3 is 0 Å². The monoisotopic (exact) mass is 237 g/mol. The number of hydrogen-bond donors (Lipinski definition) is 1. The van der Waals surface area contributed by atoms with E-state index in [4.69, 9.17) is 11.6 Å². The van der Waals surface area contributed by atoms with Crippen LogP contribution >= 0.6 is 11.6 Å². The summed E-state index contributed by atoms with van der Waals surface area (Å²) in [7, 11) is 0. The van der Waals surface area contributed by atoms with E-state index in [1.807, 2.05) is 18.2 Å². The van der Waals surface area contributed by atoms with Gasteiger partial charge in [-0.2, -0.15) is 0 Å². The number of likely N-dealkylation sites (tertiary alicyclic amines) is 1. The minimum Gasteiger partial charge on any atom is -0.387 e. The average Bonchev–Trinajstić information content (AvgIpc) is 3.02. The van der Waals surface area contributed by atoms with Crippen LogP contribution in [0.5, 0.6) is 0 Å². The van der Waals surface area contributed by atoms with Crippen LogP contribution in [0.1, 0.15) is 18.4 Å². The summed E-state index contributed by atoms with van der Waals surface area (Å²) in [4.78, 5) is 2.26. The second-order valence-electron chi connectivity index (χ2n) is 5.11. The quantitative estimate of drug-likeness (QED) is 0.872. The predicted octanol–water partition coefficient (Wildman–Crippen LogP) is 2.30. The van der Waals surface area contributed by atoms with Crippen LogP contribution in [0.4, 0.5) is 0 Å². The molecule has 1 aromatic carbocycles. The van der Waals surface area contributed by atoms with Gasteiger partial charge in [0.15, 0.2) is 0 Å². The molecule has 3 heteroatoms. The third kappa shape index (κ3) is 1.86. The number of β-amino-alcohol motifs (C(OH)–C–C–N with tert-alkyl or cyclic N) is 1. The first-order valence-corrected chi connectivity index (χ1v) is 6.23. The van der Waals surface area contributed by atoms with Gasteiger partial charge in [-0.25, -0.2) is 0 Å². The SMILES string of the molecule is OC1(C2CC2)CN(Cc2ccccc2Cl)C1. The van der Waals surface area contributed by atoms with Gasteiger partial charge in [0, 0.05) is 24.7 Å². The molecule has 0 radical (unpaired) electrons. The van der Waals surface area contributed by atoms with Crippen molar-refractivity contribution in [3.05, 3.63) is 34.9 Å². The van der Waals surface area contributed by atoms with E-state index in [2.05, 4.69) is 11.0 Å². The van der Waals surface area contributed by atoms with Crippen molar-refractivity contribution in [3.8, 4) is 0 Å². The zero-order valence-corrected chi connectivity index (χ0v) is 9.95. The molecular weight excluding hydrogens is 222 g/mol. The Bertz CT molecular complexity index is 397.